The quantitative estimate of drug-likeness (QED) is 0.416. The smallest absolute Gasteiger partial charge is 0.0675 e. The second-order valence-corrected chi connectivity index (χ2v) is 2.68. The predicted molar refractivity (Wildman–Crippen MR) is 37.7 cm³/mol. The van der Waals surface area contributed by atoms with Gasteiger partial charge in [0.25, 0.3) is 0 Å². The molecule has 3 nitrogen and oxygen atoms in total. The first-order valence-corrected chi connectivity index (χ1v) is 2.37. The predicted octanol–water partition coefficient (Wildman–Crippen LogP) is -0.927. The molecule has 0 bridgehead atoms. The highest BCUT2D eigenvalue weighted by atomic mass is 16.0. The van der Waals surface area contributed by atoms with Crippen molar-refractivity contribution < 1.29 is 9.96 Å². The topological polar surface area (TPSA) is 57.5 Å². The minimum absolute atomic E-state index is 0. The summed E-state index contributed by atoms with van der Waals surface area (Å²) in [4.78, 5) is 0. The highest BCUT2D eigenvalue weighted by Gasteiger charge is 1.88. The molecule has 0 aliphatic heterocycles. The maximum Gasteiger partial charge on any atom is 0.0675 e. The highest BCUT2D eigenvalue weighted by molar-refractivity contribution is 3.87. The van der Waals surface area contributed by atoms with Gasteiger partial charge in [-0.15, -0.1) is 0 Å². The fourth-order valence-corrected chi connectivity index (χ4v) is 0. The van der Waals surface area contributed by atoms with Gasteiger partial charge in [-0.05, 0) is 7.05 Å². The standard InChI is InChI=1S/C4H12N.CH5N.H2O/c1-5(2,3)4;1-2;/h1-4H3;2H2,1H3;1H2/q+1;;. The van der Waals surface area contributed by atoms with Gasteiger partial charge in [0.2, 0.25) is 0 Å². The Balaban J connectivity index is -0.0000000750. The van der Waals surface area contributed by atoms with E-state index in [2.05, 4.69) is 33.9 Å². The lowest BCUT2D eigenvalue weighted by molar-refractivity contribution is -0.849. The molecule has 0 fully saturated rings. The molecule has 0 radical (unpaired) electrons. The summed E-state index contributed by atoms with van der Waals surface area (Å²) in [7, 11) is 10.0. The molecular formula is C5H19N2O+. The van der Waals surface area contributed by atoms with E-state index in [1.54, 1.807) is 0 Å². The summed E-state index contributed by atoms with van der Waals surface area (Å²) in [5.74, 6) is 0. The van der Waals surface area contributed by atoms with Crippen molar-refractivity contribution in [1.82, 2.24) is 0 Å². The molecule has 0 unspecified atom stereocenters. The van der Waals surface area contributed by atoms with E-state index < -0.39 is 0 Å². The number of hydrogen-bond acceptors (Lipinski definition) is 1. The Morgan fingerprint density at radius 1 is 0.875 bits per heavy atom. The van der Waals surface area contributed by atoms with E-state index in [0.29, 0.717) is 0 Å². The minimum Gasteiger partial charge on any atom is -0.412 e. The number of quaternary nitrogens is 1. The van der Waals surface area contributed by atoms with Gasteiger partial charge in [0.05, 0.1) is 28.2 Å². The highest BCUT2D eigenvalue weighted by Crippen LogP contribution is 1.73. The summed E-state index contributed by atoms with van der Waals surface area (Å²) in [6.45, 7) is 0. The SMILES string of the molecule is CN.C[N+](C)(C)C.O. The third-order valence-electron chi connectivity index (χ3n) is 0. The Hall–Kier alpha value is -0.120. The van der Waals surface area contributed by atoms with Gasteiger partial charge in [0, 0.05) is 0 Å². The third kappa shape index (κ3) is 9720. The Bertz CT molecular complexity index is 25.9. The van der Waals surface area contributed by atoms with Crippen molar-refractivity contribution in [3.63, 3.8) is 0 Å². The first-order valence-electron chi connectivity index (χ1n) is 2.37. The van der Waals surface area contributed by atoms with Crippen LogP contribution in [-0.4, -0.2) is 45.2 Å². The van der Waals surface area contributed by atoms with Crippen LogP contribution < -0.4 is 5.73 Å². The van der Waals surface area contributed by atoms with E-state index in [1.807, 2.05) is 0 Å². The average molecular weight is 123 g/mol. The van der Waals surface area contributed by atoms with Crippen LogP contribution in [0, 0.1) is 0 Å². The van der Waals surface area contributed by atoms with Gasteiger partial charge < -0.3 is 15.7 Å². The Kier molecular flexibility index (Phi) is 13.5. The van der Waals surface area contributed by atoms with Gasteiger partial charge in [-0.25, -0.2) is 0 Å². The zero-order chi connectivity index (χ0) is 6.50. The Labute approximate surface area is 52.0 Å². The van der Waals surface area contributed by atoms with Crippen LogP contribution in [0.4, 0.5) is 0 Å². The van der Waals surface area contributed by atoms with Crippen LogP contribution in [-0.2, 0) is 0 Å². The Morgan fingerprint density at radius 3 is 0.875 bits per heavy atom. The molecule has 3 heteroatoms. The molecule has 0 amide bonds. The molecule has 0 aliphatic carbocycles. The first kappa shape index (κ1) is 15.7. The summed E-state index contributed by atoms with van der Waals surface area (Å²) < 4.78 is 1.00. The average Bonchev–Trinajstić information content (AvgIpc) is 1.36. The minimum atomic E-state index is 0. The molecule has 0 heterocycles. The Morgan fingerprint density at radius 2 is 0.875 bits per heavy atom. The van der Waals surface area contributed by atoms with Gasteiger partial charge in [-0.3, -0.25) is 0 Å². The summed E-state index contributed by atoms with van der Waals surface area (Å²) in [6, 6.07) is 0. The molecule has 54 valence electrons. The van der Waals surface area contributed by atoms with Crippen molar-refractivity contribution >= 4 is 0 Å². The van der Waals surface area contributed by atoms with E-state index in [1.165, 1.54) is 7.05 Å². The van der Waals surface area contributed by atoms with Crippen LogP contribution in [0.3, 0.4) is 0 Å². The summed E-state index contributed by atoms with van der Waals surface area (Å²) >= 11 is 0. The second-order valence-electron chi connectivity index (χ2n) is 2.68. The molecule has 0 spiro atoms. The lowest BCUT2D eigenvalue weighted by Gasteiger charge is -2.14. The van der Waals surface area contributed by atoms with Gasteiger partial charge in [-0.1, -0.05) is 0 Å². The van der Waals surface area contributed by atoms with Gasteiger partial charge in [0.1, 0.15) is 0 Å². The maximum atomic E-state index is 4.50. The molecule has 0 saturated carbocycles. The van der Waals surface area contributed by atoms with Gasteiger partial charge in [-0.2, -0.15) is 0 Å². The van der Waals surface area contributed by atoms with Crippen molar-refractivity contribution in [2.24, 2.45) is 5.73 Å². The molecule has 0 saturated heterocycles. The maximum absolute atomic E-state index is 4.50. The van der Waals surface area contributed by atoms with Gasteiger partial charge >= 0.3 is 0 Å². The number of hydrogen-bond donors (Lipinski definition) is 1. The first-order chi connectivity index (χ1) is 3.00. The summed E-state index contributed by atoms with van der Waals surface area (Å²) in [5, 5.41) is 0. The zero-order valence-corrected chi connectivity index (χ0v) is 6.52. The van der Waals surface area contributed by atoms with Crippen molar-refractivity contribution in [3.8, 4) is 0 Å². The van der Waals surface area contributed by atoms with Gasteiger partial charge in [0.15, 0.2) is 0 Å². The van der Waals surface area contributed by atoms with E-state index in [4.69, 9.17) is 0 Å². The van der Waals surface area contributed by atoms with Crippen LogP contribution in [0.5, 0.6) is 0 Å². The van der Waals surface area contributed by atoms with Crippen molar-refractivity contribution in [1.29, 1.82) is 0 Å². The van der Waals surface area contributed by atoms with Crippen LogP contribution in [0.1, 0.15) is 0 Å². The summed E-state index contributed by atoms with van der Waals surface area (Å²) in [6.07, 6.45) is 0. The van der Waals surface area contributed by atoms with Crippen LogP contribution in [0.2, 0.25) is 0 Å². The van der Waals surface area contributed by atoms with Crippen LogP contribution in [0.15, 0.2) is 0 Å². The van der Waals surface area contributed by atoms with E-state index in [9.17, 15) is 0 Å². The van der Waals surface area contributed by atoms with Crippen molar-refractivity contribution in [3.05, 3.63) is 0 Å². The second kappa shape index (κ2) is 6.88. The molecule has 0 aromatic heterocycles. The fourth-order valence-electron chi connectivity index (χ4n) is 0. The summed E-state index contributed by atoms with van der Waals surface area (Å²) in [5.41, 5.74) is 4.50. The largest absolute Gasteiger partial charge is 0.412 e. The molecule has 0 rings (SSSR count). The molecule has 0 aliphatic rings. The molecule has 4 N–H and O–H groups in total. The fraction of sp³-hybridized carbons (Fsp3) is 1.00. The molecule has 8 heavy (non-hydrogen) atoms. The number of rotatable bonds is 0. The van der Waals surface area contributed by atoms with Crippen molar-refractivity contribution in [2.75, 3.05) is 35.2 Å². The van der Waals surface area contributed by atoms with E-state index >= 15 is 0 Å². The monoisotopic (exact) mass is 123 g/mol. The molecular weight excluding hydrogens is 104 g/mol. The van der Waals surface area contributed by atoms with E-state index in [0.717, 1.165) is 4.48 Å². The van der Waals surface area contributed by atoms with Crippen molar-refractivity contribution in [2.45, 2.75) is 0 Å². The third-order valence-corrected chi connectivity index (χ3v) is 0. The lowest BCUT2D eigenvalue weighted by Crippen LogP contribution is -2.27. The molecule has 0 atom stereocenters. The van der Waals surface area contributed by atoms with E-state index in [-0.39, 0.29) is 5.48 Å². The normalized spacial score (nSPS) is 8.25. The van der Waals surface area contributed by atoms with Crippen LogP contribution in [0.25, 0.3) is 0 Å². The number of nitrogens with two attached hydrogens (primary N) is 1. The molecule has 0 aromatic carbocycles. The zero-order valence-electron chi connectivity index (χ0n) is 6.52. The lowest BCUT2D eigenvalue weighted by atomic mass is 10.8. The molecule has 0 aromatic rings. The van der Waals surface area contributed by atoms with Crippen LogP contribution >= 0.6 is 0 Å². The number of nitrogens with zero attached hydrogens (tertiary/aromatic N) is 1.